The number of carbonyl (C=O) groups excluding carboxylic acids is 1. The van der Waals surface area contributed by atoms with E-state index < -0.39 is 5.54 Å². The largest absolute Gasteiger partial charge is 0.369 e. The number of benzene rings is 1. The van der Waals surface area contributed by atoms with E-state index in [4.69, 9.17) is 11.6 Å². The van der Waals surface area contributed by atoms with E-state index in [0.717, 1.165) is 35.5 Å². The summed E-state index contributed by atoms with van der Waals surface area (Å²) in [5, 5.41) is 4.02. The first-order valence-corrected chi connectivity index (χ1v) is 5.72. The number of halogens is 1. The predicted octanol–water partition coefficient (Wildman–Crippen LogP) is 3.10. The maximum Gasteiger partial charge on any atom is 0.162 e. The highest BCUT2D eigenvalue weighted by atomic mass is 35.5. The van der Waals surface area contributed by atoms with Gasteiger partial charge in [0.2, 0.25) is 0 Å². The van der Waals surface area contributed by atoms with Crippen LogP contribution in [0.1, 0.15) is 31.2 Å². The highest BCUT2D eigenvalue weighted by molar-refractivity contribution is 6.33. The van der Waals surface area contributed by atoms with Gasteiger partial charge in [0, 0.05) is 22.7 Å². The summed E-state index contributed by atoms with van der Waals surface area (Å²) in [4.78, 5) is 12.0. The van der Waals surface area contributed by atoms with Crippen LogP contribution in [0.5, 0.6) is 0 Å². The zero-order chi connectivity index (χ0) is 10.5. The van der Waals surface area contributed by atoms with Crippen molar-refractivity contribution in [3.8, 4) is 0 Å². The molecule has 0 bridgehead atoms. The average molecular weight is 222 g/mol. The maximum absolute atomic E-state index is 12.0. The molecule has 1 N–H and O–H groups in total. The Morgan fingerprint density at radius 2 is 2.20 bits per heavy atom. The molecule has 1 aliphatic carbocycles. The van der Waals surface area contributed by atoms with Crippen LogP contribution in [-0.4, -0.2) is 5.78 Å². The molecule has 3 rings (SSSR count). The molecule has 1 aromatic rings. The normalized spacial score (nSPS) is 28.2. The Kier molecular flexibility index (Phi) is 1.84. The molecular weight excluding hydrogens is 210 g/mol. The van der Waals surface area contributed by atoms with Crippen LogP contribution in [-0.2, 0) is 10.3 Å². The molecule has 1 spiro atoms. The Balaban J connectivity index is 2.11. The summed E-state index contributed by atoms with van der Waals surface area (Å²) >= 11 is 6.16. The molecule has 78 valence electrons. The fourth-order valence-corrected chi connectivity index (χ4v) is 3.05. The fourth-order valence-electron chi connectivity index (χ4n) is 2.72. The molecule has 0 amide bonds. The Labute approximate surface area is 93.6 Å². The van der Waals surface area contributed by atoms with Gasteiger partial charge in [-0.25, -0.2) is 0 Å². The van der Waals surface area contributed by atoms with Crippen molar-refractivity contribution in [2.24, 2.45) is 0 Å². The summed E-state index contributed by atoms with van der Waals surface area (Å²) in [6.07, 6.45) is 3.69. The molecule has 1 fully saturated rings. The van der Waals surface area contributed by atoms with Gasteiger partial charge in [-0.15, -0.1) is 0 Å². The Morgan fingerprint density at radius 1 is 1.33 bits per heavy atom. The number of ketones is 1. The summed E-state index contributed by atoms with van der Waals surface area (Å²) in [6.45, 7) is 0. The Hall–Kier alpha value is -1.02. The van der Waals surface area contributed by atoms with Gasteiger partial charge >= 0.3 is 0 Å². The Morgan fingerprint density at radius 3 is 2.93 bits per heavy atom. The van der Waals surface area contributed by atoms with E-state index in [2.05, 4.69) is 5.32 Å². The van der Waals surface area contributed by atoms with Crippen LogP contribution in [0, 0.1) is 0 Å². The molecule has 1 unspecified atom stereocenters. The first-order chi connectivity index (χ1) is 7.24. The molecule has 1 atom stereocenters. The third-order valence-electron chi connectivity index (χ3n) is 3.47. The van der Waals surface area contributed by atoms with Crippen LogP contribution < -0.4 is 5.32 Å². The van der Waals surface area contributed by atoms with Gasteiger partial charge in [-0.1, -0.05) is 17.7 Å². The second kappa shape index (κ2) is 2.99. The average Bonchev–Trinajstić information content (AvgIpc) is 2.18. The van der Waals surface area contributed by atoms with E-state index >= 15 is 0 Å². The standard InChI is InChI=1S/C12H12ClNO/c13-8-4-3-5-9-11(8)12(14-9)7-2-1-6-10(12)15/h3-5,14H,1-2,6-7H2. The number of anilines is 1. The van der Waals surface area contributed by atoms with Crippen molar-refractivity contribution in [1.29, 1.82) is 0 Å². The molecule has 2 nitrogen and oxygen atoms in total. The first-order valence-electron chi connectivity index (χ1n) is 5.34. The van der Waals surface area contributed by atoms with Gasteiger partial charge in [0.15, 0.2) is 5.78 Å². The van der Waals surface area contributed by atoms with E-state index in [-0.39, 0.29) is 0 Å². The number of nitrogens with one attached hydrogen (secondary N) is 1. The lowest BCUT2D eigenvalue weighted by atomic mass is 9.70. The number of hydrogen-bond donors (Lipinski definition) is 1. The fraction of sp³-hybridized carbons (Fsp3) is 0.417. The van der Waals surface area contributed by atoms with Gasteiger partial charge in [0.05, 0.1) is 0 Å². The molecule has 2 aliphatic rings. The van der Waals surface area contributed by atoms with Crippen molar-refractivity contribution in [2.75, 3.05) is 5.32 Å². The van der Waals surface area contributed by atoms with Crippen molar-refractivity contribution in [3.05, 3.63) is 28.8 Å². The third kappa shape index (κ3) is 1.08. The number of fused-ring (bicyclic) bond motifs is 2. The summed E-state index contributed by atoms with van der Waals surface area (Å²) in [5.41, 5.74) is 1.61. The topological polar surface area (TPSA) is 29.1 Å². The summed E-state index contributed by atoms with van der Waals surface area (Å²) in [5.74, 6) is 0.300. The Bertz CT molecular complexity index is 429. The first kappa shape index (κ1) is 9.22. The molecule has 15 heavy (non-hydrogen) atoms. The number of Topliss-reactive ketones (excluding diaryl/α,β-unsaturated/α-hetero) is 1. The molecule has 1 heterocycles. The van der Waals surface area contributed by atoms with Gasteiger partial charge in [-0.2, -0.15) is 0 Å². The van der Waals surface area contributed by atoms with E-state index in [1.54, 1.807) is 0 Å². The van der Waals surface area contributed by atoms with Gasteiger partial charge in [-0.3, -0.25) is 4.79 Å². The number of hydrogen-bond acceptors (Lipinski definition) is 2. The zero-order valence-corrected chi connectivity index (χ0v) is 9.10. The lowest BCUT2D eigenvalue weighted by molar-refractivity contribution is -0.126. The molecule has 0 radical (unpaired) electrons. The van der Waals surface area contributed by atoms with Crippen molar-refractivity contribution in [2.45, 2.75) is 31.2 Å². The van der Waals surface area contributed by atoms with Crippen LogP contribution in [0.2, 0.25) is 5.02 Å². The van der Waals surface area contributed by atoms with Gasteiger partial charge < -0.3 is 5.32 Å². The molecule has 0 aromatic heterocycles. The second-order valence-corrected chi connectivity index (χ2v) is 4.73. The van der Waals surface area contributed by atoms with Crippen molar-refractivity contribution in [3.63, 3.8) is 0 Å². The van der Waals surface area contributed by atoms with Gasteiger partial charge in [-0.05, 0) is 31.4 Å². The van der Waals surface area contributed by atoms with Gasteiger partial charge in [0.1, 0.15) is 5.54 Å². The zero-order valence-electron chi connectivity index (χ0n) is 8.35. The highest BCUT2D eigenvalue weighted by Gasteiger charge is 2.50. The van der Waals surface area contributed by atoms with Crippen LogP contribution in [0.3, 0.4) is 0 Å². The van der Waals surface area contributed by atoms with Crippen molar-refractivity contribution in [1.82, 2.24) is 0 Å². The summed E-state index contributed by atoms with van der Waals surface area (Å²) in [6, 6.07) is 5.76. The minimum atomic E-state index is -0.439. The molecule has 1 aromatic carbocycles. The smallest absolute Gasteiger partial charge is 0.162 e. The summed E-state index contributed by atoms with van der Waals surface area (Å²) < 4.78 is 0. The van der Waals surface area contributed by atoms with Crippen LogP contribution in [0.25, 0.3) is 0 Å². The quantitative estimate of drug-likeness (QED) is 0.730. The lowest BCUT2D eigenvalue weighted by Gasteiger charge is -2.47. The van der Waals surface area contributed by atoms with Crippen LogP contribution in [0.15, 0.2) is 18.2 Å². The minimum absolute atomic E-state index is 0.300. The third-order valence-corrected chi connectivity index (χ3v) is 3.79. The molecular formula is C12H12ClNO. The van der Waals surface area contributed by atoms with E-state index in [1.165, 1.54) is 0 Å². The van der Waals surface area contributed by atoms with Crippen LogP contribution >= 0.6 is 11.6 Å². The van der Waals surface area contributed by atoms with E-state index in [1.807, 2.05) is 18.2 Å². The number of rotatable bonds is 0. The second-order valence-electron chi connectivity index (χ2n) is 4.32. The monoisotopic (exact) mass is 221 g/mol. The molecule has 1 aliphatic heterocycles. The lowest BCUT2D eigenvalue weighted by Crippen LogP contribution is -2.52. The molecule has 3 heteroatoms. The highest BCUT2D eigenvalue weighted by Crippen LogP contribution is 2.51. The van der Waals surface area contributed by atoms with Crippen LogP contribution in [0.4, 0.5) is 5.69 Å². The van der Waals surface area contributed by atoms with Gasteiger partial charge in [0.25, 0.3) is 0 Å². The summed E-state index contributed by atoms with van der Waals surface area (Å²) in [7, 11) is 0. The number of carbonyl (C=O) groups is 1. The predicted molar refractivity (Wildman–Crippen MR) is 60.2 cm³/mol. The SMILES string of the molecule is O=C1CCCCC12Nc1cccc(Cl)c12. The van der Waals surface area contributed by atoms with E-state index in [9.17, 15) is 4.79 Å². The minimum Gasteiger partial charge on any atom is -0.369 e. The van der Waals surface area contributed by atoms with Crippen molar-refractivity contribution >= 4 is 23.1 Å². The molecule has 0 saturated heterocycles. The maximum atomic E-state index is 12.0. The van der Waals surface area contributed by atoms with Crippen molar-refractivity contribution < 1.29 is 4.79 Å². The van der Waals surface area contributed by atoms with E-state index in [0.29, 0.717) is 12.2 Å². The molecule has 1 saturated carbocycles.